The van der Waals surface area contributed by atoms with Gasteiger partial charge in [-0.1, -0.05) is 30.3 Å². The molecular formula is C21H21N3O3. The summed E-state index contributed by atoms with van der Waals surface area (Å²) in [5.41, 5.74) is 1.30. The van der Waals surface area contributed by atoms with Gasteiger partial charge in [-0.25, -0.2) is 0 Å². The molecule has 2 aromatic carbocycles. The number of hydrogen-bond donors (Lipinski definition) is 1. The lowest BCUT2D eigenvalue weighted by atomic mass is 10.1. The van der Waals surface area contributed by atoms with E-state index < -0.39 is 0 Å². The molecule has 0 saturated carbocycles. The van der Waals surface area contributed by atoms with E-state index >= 15 is 0 Å². The maximum absolute atomic E-state index is 9.31. The van der Waals surface area contributed by atoms with E-state index in [0.717, 1.165) is 11.3 Å². The van der Waals surface area contributed by atoms with Crippen LogP contribution in [0.25, 0.3) is 0 Å². The van der Waals surface area contributed by atoms with Crippen molar-refractivity contribution in [3.63, 3.8) is 0 Å². The fourth-order valence-corrected chi connectivity index (χ4v) is 2.57. The third-order valence-electron chi connectivity index (χ3n) is 3.92. The molecule has 1 N–H and O–H groups in total. The highest BCUT2D eigenvalue weighted by atomic mass is 16.5. The normalized spacial score (nSPS) is 11.4. The molecule has 3 aromatic rings. The predicted octanol–water partition coefficient (Wildman–Crippen LogP) is 4.70. The van der Waals surface area contributed by atoms with Crippen LogP contribution in [0.5, 0.6) is 11.5 Å². The summed E-state index contributed by atoms with van der Waals surface area (Å²) < 4.78 is 16.8. The van der Waals surface area contributed by atoms with Crippen LogP contribution >= 0.6 is 0 Å². The van der Waals surface area contributed by atoms with E-state index in [-0.39, 0.29) is 18.3 Å². The predicted molar refractivity (Wildman–Crippen MR) is 102 cm³/mol. The number of hydrogen-bond acceptors (Lipinski definition) is 6. The first kappa shape index (κ1) is 18.3. The van der Waals surface area contributed by atoms with E-state index in [1.165, 1.54) is 0 Å². The molecule has 0 spiro atoms. The van der Waals surface area contributed by atoms with Crippen molar-refractivity contribution in [3.8, 4) is 17.6 Å². The van der Waals surface area contributed by atoms with Crippen molar-refractivity contribution >= 4 is 5.88 Å². The number of nitriles is 1. The molecule has 0 aliphatic carbocycles. The average Bonchev–Trinajstić information content (AvgIpc) is 3.10. The molecule has 1 unspecified atom stereocenters. The van der Waals surface area contributed by atoms with Gasteiger partial charge in [-0.15, -0.1) is 0 Å². The van der Waals surface area contributed by atoms with E-state index in [1.54, 1.807) is 0 Å². The second kappa shape index (κ2) is 8.77. The minimum Gasteiger partial charge on any atom is -0.494 e. The lowest BCUT2D eigenvalue weighted by Gasteiger charge is -2.13. The van der Waals surface area contributed by atoms with Gasteiger partial charge in [-0.05, 0) is 43.7 Å². The Morgan fingerprint density at radius 3 is 2.37 bits per heavy atom. The third kappa shape index (κ3) is 4.79. The van der Waals surface area contributed by atoms with Crippen molar-refractivity contribution in [2.75, 3.05) is 11.9 Å². The summed E-state index contributed by atoms with van der Waals surface area (Å²) >= 11 is 0. The smallest absolute Gasteiger partial charge is 0.236 e. The molecule has 0 fully saturated rings. The molecule has 6 heteroatoms. The number of nitrogens with zero attached hydrogens (tertiary/aromatic N) is 2. The van der Waals surface area contributed by atoms with E-state index in [4.69, 9.17) is 13.9 Å². The SMILES string of the molecule is CCOc1ccc(OCc2nc(C#N)c(NC(C)c3ccccc3)o2)cc1. The van der Waals surface area contributed by atoms with Crippen molar-refractivity contribution in [1.82, 2.24) is 4.98 Å². The van der Waals surface area contributed by atoms with E-state index in [1.807, 2.05) is 68.4 Å². The summed E-state index contributed by atoms with van der Waals surface area (Å²) in [5, 5.41) is 12.5. The van der Waals surface area contributed by atoms with Crippen LogP contribution in [-0.2, 0) is 6.61 Å². The van der Waals surface area contributed by atoms with Crippen LogP contribution < -0.4 is 14.8 Å². The summed E-state index contributed by atoms with van der Waals surface area (Å²) in [7, 11) is 0. The highest BCUT2D eigenvalue weighted by Crippen LogP contribution is 2.24. The fourth-order valence-electron chi connectivity index (χ4n) is 2.57. The van der Waals surface area contributed by atoms with Gasteiger partial charge in [-0.2, -0.15) is 10.2 Å². The van der Waals surface area contributed by atoms with Crippen LogP contribution in [0, 0.1) is 11.3 Å². The molecule has 1 atom stereocenters. The first-order valence-corrected chi connectivity index (χ1v) is 8.76. The zero-order chi connectivity index (χ0) is 19.1. The Balaban J connectivity index is 1.64. The molecule has 0 saturated heterocycles. The molecule has 6 nitrogen and oxygen atoms in total. The standard InChI is InChI=1S/C21H21N3O3/c1-3-25-17-9-11-18(12-10-17)26-14-20-24-19(13-22)21(27-20)23-15(2)16-7-5-4-6-8-16/h4-12,15,23H,3,14H2,1-2H3. The zero-order valence-corrected chi connectivity index (χ0v) is 15.3. The van der Waals surface area contributed by atoms with Gasteiger partial charge in [0.2, 0.25) is 17.5 Å². The number of oxazole rings is 1. The quantitative estimate of drug-likeness (QED) is 0.625. The Morgan fingerprint density at radius 1 is 1.07 bits per heavy atom. The van der Waals surface area contributed by atoms with Crippen molar-refractivity contribution in [2.45, 2.75) is 26.5 Å². The highest BCUT2D eigenvalue weighted by molar-refractivity contribution is 5.47. The van der Waals surface area contributed by atoms with Gasteiger partial charge in [0.25, 0.3) is 0 Å². The largest absolute Gasteiger partial charge is 0.494 e. The lowest BCUT2D eigenvalue weighted by Crippen LogP contribution is -2.06. The summed E-state index contributed by atoms with van der Waals surface area (Å²) in [4.78, 5) is 4.20. The van der Waals surface area contributed by atoms with Gasteiger partial charge in [0, 0.05) is 0 Å². The Hall–Kier alpha value is -3.46. The minimum atomic E-state index is -0.0221. The lowest BCUT2D eigenvalue weighted by molar-refractivity contribution is 0.264. The molecule has 0 bridgehead atoms. The number of ether oxygens (including phenoxy) is 2. The van der Waals surface area contributed by atoms with Crippen LogP contribution in [0.2, 0.25) is 0 Å². The molecule has 1 aromatic heterocycles. The van der Waals surface area contributed by atoms with E-state index in [2.05, 4.69) is 16.4 Å². The van der Waals surface area contributed by atoms with Crippen LogP contribution in [0.1, 0.15) is 37.0 Å². The Bertz CT molecular complexity index is 899. The Labute approximate surface area is 158 Å². The number of aromatic nitrogens is 1. The van der Waals surface area contributed by atoms with Crippen molar-refractivity contribution in [2.24, 2.45) is 0 Å². The first-order chi connectivity index (χ1) is 13.2. The van der Waals surface area contributed by atoms with Gasteiger partial charge in [0.15, 0.2) is 6.61 Å². The molecule has 0 amide bonds. The highest BCUT2D eigenvalue weighted by Gasteiger charge is 2.16. The Kier molecular flexibility index (Phi) is 5.95. The number of rotatable bonds is 8. The van der Waals surface area contributed by atoms with Gasteiger partial charge in [0.05, 0.1) is 12.6 Å². The topological polar surface area (TPSA) is 80.3 Å². The van der Waals surface area contributed by atoms with Crippen LogP contribution in [-0.4, -0.2) is 11.6 Å². The van der Waals surface area contributed by atoms with E-state index in [0.29, 0.717) is 24.1 Å². The maximum atomic E-state index is 9.31. The van der Waals surface area contributed by atoms with Crippen LogP contribution in [0.3, 0.4) is 0 Å². The van der Waals surface area contributed by atoms with Gasteiger partial charge in [0.1, 0.15) is 17.6 Å². The second-order valence-electron chi connectivity index (χ2n) is 5.87. The fraction of sp³-hybridized carbons (Fsp3) is 0.238. The number of anilines is 1. The second-order valence-corrected chi connectivity index (χ2v) is 5.87. The van der Waals surface area contributed by atoms with Gasteiger partial charge >= 0.3 is 0 Å². The van der Waals surface area contributed by atoms with Crippen LogP contribution in [0.15, 0.2) is 59.0 Å². The molecule has 0 aliphatic heterocycles. The van der Waals surface area contributed by atoms with Crippen molar-refractivity contribution in [1.29, 1.82) is 5.26 Å². The summed E-state index contributed by atoms with van der Waals surface area (Å²) in [6, 6.07) is 19.3. The molecular weight excluding hydrogens is 342 g/mol. The number of nitrogens with one attached hydrogen (secondary N) is 1. The van der Waals surface area contributed by atoms with Crippen LogP contribution in [0.4, 0.5) is 5.88 Å². The summed E-state index contributed by atoms with van der Waals surface area (Å²) in [6.45, 7) is 4.67. The Morgan fingerprint density at radius 2 is 1.74 bits per heavy atom. The van der Waals surface area contributed by atoms with E-state index in [9.17, 15) is 5.26 Å². The summed E-state index contributed by atoms with van der Waals surface area (Å²) in [6.07, 6.45) is 0. The van der Waals surface area contributed by atoms with Gasteiger partial charge in [-0.3, -0.25) is 0 Å². The maximum Gasteiger partial charge on any atom is 0.236 e. The molecule has 0 aliphatic rings. The monoisotopic (exact) mass is 363 g/mol. The molecule has 138 valence electrons. The first-order valence-electron chi connectivity index (χ1n) is 8.76. The average molecular weight is 363 g/mol. The van der Waals surface area contributed by atoms with Gasteiger partial charge < -0.3 is 19.2 Å². The number of benzene rings is 2. The molecule has 0 radical (unpaired) electrons. The molecule has 3 rings (SSSR count). The van der Waals surface area contributed by atoms with Crippen molar-refractivity contribution in [3.05, 3.63) is 71.7 Å². The minimum absolute atomic E-state index is 0.0221. The zero-order valence-electron chi connectivity index (χ0n) is 15.3. The third-order valence-corrected chi connectivity index (χ3v) is 3.92. The van der Waals surface area contributed by atoms with Crippen molar-refractivity contribution < 1.29 is 13.9 Å². The summed E-state index contributed by atoms with van der Waals surface area (Å²) in [5.74, 6) is 2.14. The molecule has 27 heavy (non-hydrogen) atoms. The molecule has 1 heterocycles.